The van der Waals surface area contributed by atoms with Crippen LogP contribution in [0.15, 0.2) is 18.2 Å². The first-order valence-corrected chi connectivity index (χ1v) is 6.83. The largest absolute Gasteiger partial charge is 0.394 e. The second-order valence-corrected chi connectivity index (χ2v) is 5.94. The van der Waals surface area contributed by atoms with Crippen molar-refractivity contribution in [1.29, 1.82) is 0 Å². The van der Waals surface area contributed by atoms with Gasteiger partial charge in [-0.05, 0) is 39.0 Å². The van der Waals surface area contributed by atoms with Crippen LogP contribution in [0.1, 0.15) is 32.4 Å². The van der Waals surface area contributed by atoms with Crippen molar-refractivity contribution in [1.82, 2.24) is 0 Å². The van der Waals surface area contributed by atoms with Crippen LogP contribution in [0.5, 0.6) is 0 Å². The highest BCUT2D eigenvalue weighted by molar-refractivity contribution is 5.55. The van der Waals surface area contributed by atoms with E-state index in [0.29, 0.717) is 18.7 Å². The number of halogens is 1. The number of anilines is 1. The number of aliphatic hydroxyl groups excluding tert-OH is 2. The molecule has 2 rings (SSSR count). The lowest BCUT2D eigenvalue weighted by molar-refractivity contribution is -0.101. The van der Waals surface area contributed by atoms with Gasteiger partial charge in [-0.15, -0.1) is 0 Å². The zero-order chi connectivity index (χ0) is 14.9. The molecule has 1 saturated heterocycles. The summed E-state index contributed by atoms with van der Waals surface area (Å²) in [6.07, 6.45) is -1.04. The average Bonchev–Trinajstić information content (AvgIpc) is 2.36. The van der Waals surface area contributed by atoms with E-state index in [1.54, 1.807) is 13.0 Å². The maximum atomic E-state index is 13.4. The van der Waals surface area contributed by atoms with Gasteiger partial charge in [-0.3, -0.25) is 0 Å². The Morgan fingerprint density at radius 1 is 1.50 bits per heavy atom. The van der Waals surface area contributed by atoms with Gasteiger partial charge < -0.3 is 19.8 Å². The van der Waals surface area contributed by atoms with Crippen molar-refractivity contribution in [3.63, 3.8) is 0 Å². The number of aliphatic hydroxyl groups is 2. The number of ether oxygens (including phenoxy) is 1. The molecule has 20 heavy (non-hydrogen) atoms. The van der Waals surface area contributed by atoms with Gasteiger partial charge in [0.05, 0.1) is 24.4 Å². The van der Waals surface area contributed by atoms with Crippen molar-refractivity contribution in [2.24, 2.45) is 0 Å². The summed E-state index contributed by atoms with van der Waals surface area (Å²) in [5.74, 6) is -0.365. The summed E-state index contributed by atoms with van der Waals surface area (Å²) >= 11 is 0. The Morgan fingerprint density at radius 3 is 2.80 bits per heavy atom. The number of nitrogens with zero attached hydrogens (tertiary/aromatic N) is 1. The van der Waals surface area contributed by atoms with Gasteiger partial charge in [0.15, 0.2) is 0 Å². The average molecular weight is 283 g/mol. The molecule has 1 heterocycles. The molecule has 1 aliphatic rings. The maximum Gasteiger partial charge on any atom is 0.123 e. The molecule has 1 aromatic carbocycles. The van der Waals surface area contributed by atoms with Crippen molar-refractivity contribution in [2.45, 2.75) is 38.6 Å². The van der Waals surface area contributed by atoms with E-state index >= 15 is 0 Å². The molecule has 0 spiro atoms. The molecule has 0 amide bonds. The van der Waals surface area contributed by atoms with Crippen LogP contribution < -0.4 is 4.90 Å². The van der Waals surface area contributed by atoms with Gasteiger partial charge in [-0.2, -0.15) is 0 Å². The molecular formula is C15H22FNO3. The number of benzene rings is 1. The van der Waals surface area contributed by atoms with Crippen molar-refractivity contribution in [3.8, 4) is 0 Å². The minimum absolute atomic E-state index is 0.0643. The van der Waals surface area contributed by atoms with E-state index in [0.717, 1.165) is 5.69 Å². The van der Waals surface area contributed by atoms with Crippen molar-refractivity contribution in [2.75, 3.05) is 24.6 Å². The van der Waals surface area contributed by atoms with Crippen LogP contribution in [-0.2, 0) is 4.74 Å². The molecular weight excluding hydrogens is 261 g/mol. The fourth-order valence-corrected chi connectivity index (χ4v) is 2.72. The maximum absolute atomic E-state index is 13.4. The first-order chi connectivity index (χ1) is 9.32. The first kappa shape index (κ1) is 15.2. The molecule has 4 nitrogen and oxygen atoms in total. The summed E-state index contributed by atoms with van der Waals surface area (Å²) in [6, 6.07) is 4.42. The van der Waals surface area contributed by atoms with Gasteiger partial charge in [0.25, 0.3) is 0 Å². The van der Waals surface area contributed by atoms with E-state index in [9.17, 15) is 14.6 Å². The van der Waals surface area contributed by atoms with E-state index < -0.39 is 11.7 Å². The summed E-state index contributed by atoms with van der Waals surface area (Å²) in [4.78, 5) is 2.03. The molecule has 2 N–H and O–H groups in total. The molecule has 0 radical (unpaired) electrons. The highest BCUT2D eigenvalue weighted by atomic mass is 19.1. The smallest absolute Gasteiger partial charge is 0.123 e. The molecule has 112 valence electrons. The van der Waals surface area contributed by atoms with Crippen molar-refractivity contribution in [3.05, 3.63) is 29.6 Å². The number of hydrogen-bond acceptors (Lipinski definition) is 4. The van der Waals surface area contributed by atoms with Crippen LogP contribution in [-0.4, -0.2) is 41.6 Å². The first-order valence-electron chi connectivity index (χ1n) is 6.83. The topological polar surface area (TPSA) is 52.9 Å². The van der Waals surface area contributed by atoms with Crippen LogP contribution in [0.3, 0.4) is 0 Å². The molecule has 0 bridgehead atoms. The van der Waals surface area contributed by atoms with Crippen LogP contribution >= 0.6 is 0 Å². The standard InChI is InChI=1S/C15H22FNO3/c1-10(19)13-6-11(16)4-5-14(13)17-7-12(8-18)20-15(2,3)9-17/h4-6,10,12,18-19H,7-9H2,1-3H3/t10-,12?/m0/s1. The lowest BCUT2D eigenvalue weighted by atomic mass is 10.0. The predicted octanol–water partition coefficient (Wildman–Crippen LogP) is 1.86. The van der Waals surface area contributed by atoms with Crippen LogP contribution in [0.2, 0.25) is 0 Å². The summed E-state index contributed by atoms with van der Waals surface area (Å²) < 4.78 is 19.1. The van der Waals surface area contributed by atoms with E-state index in [2.05, 4.69) is 0 Å². The number of morpholine rings is 1. The van der Waals surface area contributed by atoms with E-state index in [1.165, 1.54) is 12.1 Å². The third-order valence-corrected chi connectivity index (χ3v) is 3.47. The molecule has 1 fully saturated rings. The van der Waals surface area contributed by atoms with Gasteiger partial charge >= 0.3 is 0 Å². The SMILES string of the molecule is C[C@H](O)c1cc(F)ccc1N1CC(CO)OC(C)(C)C1. The molecule has 1 aliphatic heterocycles. The number of hydrogen-bond donors (Lipinski definition) is 2. The molecule has 0 aromatic heterocycles. The lowest BCUT2D eigenvalue weighted by Gasteiger charge is -2.44. The van der Waals surface area contributed by atoms with E-state index in [4.69, 9.17) is 4.74 Å². The molecule has 2 atom stereocenters. The molecule has 1 aromatic rings. The van der Waals surface area contributed by atoms with E-state index in [-0.39, 0.29) is 18.5 Å². The summed E-state index contributed by atoms with van der Waals surface area (Å²) in [5, 5.41) is 19.2. The minimum Gasteiger partial charge on any atom is -0.394 e. The van der Waals surface area contributed by atoms with Crippen LogP contribution in [0, 0.1) is 5.82 Å². The second kappa shape index (κ2) is 5.68. The molecule has 0 saturated carbocycles. The molecule has 1 unspecified atom stereocenters. The van der Waals surface area contributed by atoms with Crippen LogP contribution in [0.4, 0.5) is 10.1 Å². The third-order valence-electron chi connectivity index (χ3n) is 3.47. The number of rotatable bonds is 3. The Labute approximate surface area is 118 Å². The molecule has 0 aliphatic carbocycles. The Balaban J connectivity index is 2.35. The van der Waals surface area contributed by atoms with Crippen LogP contribution in [0.25, 0.3) is 0 Å². The monoisotopic (exact) mass is 283 g/mol. The quantitative estimate of drug-likeness (QED) is 0.889. The Kier molecular flexibility index (Phi) is 4.32. The zero-order valence-corrected chi connectivity index (χ0v) is 12.1. The molecule has 5 heteroatoms. The second-order valence-electron chi connectivity index (χ2n) is 5.94. The normalized spacial score (nSPS) is 23.7. The minimum atomic E-state index is -0.751. The highest BCUT2D eigenvalue weighted by Gasteiger charge is 2.34. The Hall–Kier alpha value is -1.17. The van der Waals surface area contributed by atoms with E-state index in [1.807, 2.05) is 18.7 Å². The highest BCUT2D eigenvalue weighted by Crippen LogP contribution is 2.32. The predicted molar refractivity (Wildman–Crippen MR) is 75.3 cm³/mol. The van der Waals surface area contributed by atoms with Crippen molar-refractivity contribution >= 4 is 5.69 Å². The van der Waals surface area contributed by atoms with Crippen molar-refractivity contribution < 1.29 is 19.3 Å². The Bertz CT molecular complexity index is 476. The van der Waals surface area contributed by atoms with Gasteiger partial charge in [0, 0.05) is 24.3 Å². The summed E-state index contributed by atoms with van der Waals surface area (Å²) in [6.45, 7) is 6.60. The summed E-state index contributed by atoms with van der Waals surface area (Å²) in [7, 11) is 0. The fourth-order valence-electron chi connectivity index (χ4n) is 2.72. The van der Waals surface area contributed by atoms with Gasteiger partial charge in [-0.1, -0.05) is 0 Å². The van der Waals surface area contributed by atoms with Gasteiger partial charge in [-0.25, -0.2) is 4.39 Å². The zero-order valence-electron chi connectivity index (χ0n) is 12.1. The van der Waals surface area contributed by atoms with Gasteiger partial charge in [0.2, 0.25) is 0 Å². The lowest BCUT2D eigenvalue weighted by Crippen LogP contribution is -2.54. The Morgan fingerprint density at radius 2 is 2.20 bits per heavy atom. The third kappa shape index (κ3) is 3.29. The summed E-state index contributed by atoms with van der Waals surface area (Å²) in [5.41, 5.74) is 0.936. The van der Waals surface area contributed by atoms with Gasteiger partial charge in [0.1, 0.15) is 5.82 Å². The fraction of sp³-hybridized carbons (Fsp3) is 0.600.